The van der Waals surface area contributed by atoms with E-state index in [-0.39, 0.29) is 0 Å². The van der Waals surface area contributed by atoms with E-state index < -0.39 is 0 Å². The van der Waals surface area contributed by atoms with Gasteiger partial charge in [-0.25, -0.2) is 0 Å². The fraction of sp³-hybridized carbons (Fsp3) is 0.250. The van der Waals surface area contributed by atoms with E-state index in [4.69, 9.17) is 5.73 Å². The van der Waals surface area contributed by atoms with Crippen LogP contribution in [0.4, 0.5) is 11.4 Å². The molecule has 0 atom stereocenters. The maximum absolute atomic E-state index is 10.8. The van der Waals surface area contributed by atoms with E-state index in [1.165, 1.54) is 12.1 Å². The third-order valence-corrected chi connectivity index (χ3v) is 1.69. The molecule has 1 aromatic rings. The Labute approximate surface area is 71.7 Å². The van der Waals surface area contributed by atoms with Crippen molar-refractivity contribution in [2.45, 2.75) is 0 Å². The van der Waals surface area contributed by atoms with Gasteiger partial charge in [0.25, 0.3) is 0 Å². The van der Waals surface area contributed by atoms with Crippen LogP contribution < -0.4 is 10.7 Å². The normalized spacial score (nSPS) is 10.3. The van der Waals surface area contributed by atoms with E-state index in [0.717, 1.165) is 10.9 Å². The van der Waals surface area contributed by atoms with Gasteiger partial charge in [-0.05, 0) is 31.3 Å². The van der Waals surface area contributed by atoms with Gasteiger partial charge in [-0.15, -0.1) is 0 Å². The smallest absolute Gasteiger partial charge is 0.0509 e. The van der Waals surface area contributed by atoms with Gasteiger partial charge in [0, 0.05) is 12.7 Å². The first-order valence-corrected chi connectivity index (χ1v) is 3.61. The number of hydrogen-bond donors (Lipinski definition) is 1. The number of rotatable bonds is 2. The number of hydrogen-bond acceptors (Lipinski definition) is 4. The lowest BCUT2D eigenvalue weighted by atomic mass is 10.3. The first-order chi connectivity index (χ1) is 5.61. The van der Waals surface area contributed by atoms with Gasteiger partial charge in [0.1, 0.15) is 0 Å². The molecule has 0 aromatic heterocycles. The first-order valence-electron chi connectivity index (χ1n) is 3.61. The number of hydrazine groups is 1. The third-order valence-electron chi connectivity index (χ3n) is 1.69. The lowest BCUT2D eigenvalue weighted by Crippen LogP contribution is -2.31. The SMILES string of the molecule is CN([O-])N(C)c1ccc(N)cc1. The largest absolute Gasteiger partial charge is 0.768 e. The number of nitrogens with zero attached hydrogens (tertiary/aromatic N) is 2. The minimum absolute atomic E-state index is 0.695. The fourth-order valence-corrected chi connectivity index (χ4v) is 0.853. The van der Waals surface area contributed by atoms with Crippen LogP contribution in [0, 0.1) is 5.21 Å². The second-order valence-corrected chi connectivity index (χ2v) is 2.58. The van der Waals surface area contributed by atoms with Crippen LogP contribution in [0.25, 0.3) is 0 Å². The summed E-state index contributed by atoms with van der Waals surface area (Å²) in [5, 5.41) is 13.1. The Balaban J connectivity index is 2.82. The Kier molecular flexibility index (Phi) is 2.52. The Morgan fingerprint density at radius 2 is 1.67 bits per heavy atom. The first kappa shape index (κ1) is 8.83. The van der Waals surface area contributed by atoms with Gasteiger partial charge in [-0.3, -0.25) is 5.17 Å². The van der Waals surface area contributed by atoms with Crippen LogP contribution in [0.1, 0.15) is 0 Å². The van der Waals surface area contributed by atoms with E-state index in [1.54, 1.807) is 31.3 Å². The van der Waals surface area contributed by atoms with Crippen LogP contribution in [0.3, 0.4) is 0 Å². The van der Waals surface area contributed by atoms with E-state index >= 15 is 0 Å². The highest BCUT2D eigenvalue weighted by Crippen LogP contribution is 2.14. The van der Waals surface area contributed by atoms with Crippen LogP contribution in [-0.4, -0.2) is 19.3 Å². The van der Waals surface area contributed by atoms with Gasteiger partial charge in [0.2, 0.25) is 0 Å². The van der Waals surface area contributed by atoms with Crippen molar-refractivity contribution in [1.29, 1.82) is 0 Å². The van der Waals surface area contributed by atoms with Crippen molar-refractivity contribution in [3.8, 4) is 0 Å². The maximum Gasteiger partial charge on any atom is 0.0509 e. The van der Waals surface area contributed by atoms with Crippen LogP contribution in [0.15, 0.2) is 24.3 Å². The number of anilines is 2. The molecule has 1 rings (SSSR count). The van der Waals surface area contributed by atoms with Crippen molar-refractivity contribution in [3.05, 3.63) is 29.5 Å². The summed E-state index contributed by atoms with van der Waals surface area (Å²) in [6.07, 6.45) is 0. The zero-order valence-electron chi connectivity index (χ0n) is 7.19. The van der Waals surface area contributed by atoms with Crippen molar-refractivity contribution in [3.63, 3.8) is 0 Å². The molecule has 4 heteroatoms. The lowest BCUT2D eigenvalue weighted by Gasteiger charge is -2.35. The summed E-state index contributed by atoms with van der Waals surface area (Å²) in [6, 6.07) is 7.11. The standard InChI is InChI=1S/C8H12N3O/c1-10(11(2)12)8-5-3-7(9)4-6-8/h3-6H,9H2,1-2H3/q-1. The molecule has 1 aromatic carbocycles. The summed E-state index contributed by atoms with van der Waals surface area (Å²) in [6.45, 7) is 0. The summed E-state index contributed by atoms with van der Waals surface area (Å²) in [5.41, 5.74) is 7.01. The lowest BCUT2D eigenvalue weighted by molar-refractivity contribution is 0.447. The molecule has 0 spiro atoms. The maximum atomic E-state index is 10.8. The quantitative estimate of drug-likeness (QED) is 0.527. The molecule has 0 saturated carbocycles. The molecular formula is C8H12N3O-. The molecule has 0 heterocycles. The average Bonchev–Trinajstić information content (AvgIpc) is 2.04. The monoisotopic (exact) mass is 166 g/mol. The highest BCUT2D eigenvalue weighted by Gasteiger charge is 1.97. The Hall–Kier alpha value is -1.26. The molecular weight excluding hydrogens is 154 g/mol. The number of nitrogens with two attached hydrogens (primary N) is 1. The molecule has 0 unspecified atom stereocenters. The Bertz CT molecular complexity index is 245. The number of nitrogen functional groups attached to an aromatic ring is 1. The van der Waals surface area contributed by atoms with Crippen LogP contribution in [0.2, 0.25) is 0 Å². The molecule has 0 fully saturated rings. The van der Waals surface area contributed by atoms with E-state index in [2.05, 4.69) is 0 Å². The topological polar surface area (TPSA) is 55.6 Å². The summed E-state index contributed by atoms with van der Waals surface area (Å²) in [7, 11) is 3.13. The zero-order valence-corrected chi connectivity index (χ0v) is 7.19. The molecule has 0 saturated heterocycles. The fourth-order valence-electron chi connectivity index (χ4n) is 0.853. The van der Waals surface area contributed by atoms with E-state index in [0.29, 0.717) is 5.69 Å². The van der Waals surface area contributed by atoms with Crippen LogP contribution in [0.5, 0.6) is 0 Å². The van der Waals surface area contributed by atoms with Crippen molar-refractivity contribution >= 4 is 11.4 Å². The molecule has 0 aliphatic carbocycles. The molecule has 2 N–H and O–H groups in total. The van der Waals surface area contributed by atoms with Gasteiger partial charge in [-0.2, -0.15) is 0 Å². The predicted molar refractivity (Wildman–Crippen MR) is 50.4 cm³/mol. The van der Waals surface area contributed by atoms with Crippen LogP contribution in [-0.2, 0) is 0 Å². The summed E-state index contributed by atoms with van der Waals surface area (Å²) < 4.78 is 0. The molecule has 4 nitrogen and oxygen atoms in total. The highest BCUT2D eigenvalue weighted by molar-refractivity contribution is 5.51. The minimum Gasteiger partial charge on any atom is -0.768 e. The van der Waals surface area contributed by atoms with Crippen molar-refractivity contribution in [1.82, 2.24) is 5.17 Å². The van der Waals surface area contributed by atoms with Crippen molar-refractivity contribution in [2.75, 3.05) is 24.8 Å². The van der Waals surface area contributed by atoms with Gasteiger partial charge in [-0.1, -0.05) is 0 Å². The number of benzene rings is 1. The average molecular weight is 166 g/mol. The Morgan fingerprint density at radius 3 is 2.08 bits per heavy atom. The molecule has 0 radical (unpaired) electrons. The third kappa shape index (κ3) is 1.87. The molecule has 0 amide bonds. The van der Waals surface area contributed by atoms with Gasteiger partial charge in [0.15, 0.2) is 0 Å². The van der Waals surface area contributed by atoms with Crippen molar-refractivity contribution in [2.24, 2.45) is 0 Å². The molecule has 66 valence electrons. The van der Waals surface area contributed by atoms with Gasteiger partial charge < -0.3 is 15.9 Å². The van der Waals surface area contributed by atoms with Gasteiger partial charge >= 0.3 is 0 Å². The van der Waals surface area contributed by atoms with Crippen LogP contribution >= 0.6 is 0 Å². The molecule has 0 aliphatic rings. The van der Waals surface area contributed by atoms with E-state index in [1.807, 2.05) is 0 Å². The summed E-state index contributed by atoms with van der Waals surface area (Å²) >= 11 is 0. The zero-order chi connectivity index (χ0) is 9.14. The highest BCUT2D eigenvalue weighted by atomic mass is 16.5. The molecule has 0 bridgehead atoms. The Morgan fingerprint density at radius 1 is 1.17 bits per heavy atom. The number of hydroxylamine groups is 1. The van der Waals surface area contributed by atoms with Crippen molar-refractivity contribution < 1.29 is 0 Å². The summed E-state index contributed by atoms with van der Waals surface area (Å²) in [5.74, 6) is 0. The molecule has 12 heavy (non-hydrogen) atoms. The molecule has 0 aliphatic heterocycles. The second kappa shape index (κ2) is 3.42. The second-order valence-electron chi connectivity index (χ2n) is 2.58. The summed E-state index contributed by atoms with van der Waals surface area (Å²) in [4.78, 5) is 0. The van der Waals surface area contributed by atoms with Gasteiger partial charge in [0.05, 0.1) is 5.69 Å². The minimum atomic E-state index is 0.695. The van der Waals surface area contributed by atoms with E-state index in [9.17, 15) is 5.21 Å². The predicted octanol–water partition coefficient (Wildman–Crippen LogP) is 1.05.